The SMILES string of the molecule is CN(C)Cc1ccc(CNC(=O)c2ccc3c(=O)n(C)c(=O)n(C)c3n2)cc1. The Morgan fingerprint density at radius 2 is 1.64 bits per heavy atom. The van der Waals surface area contributed by atoms with E-state index in [2.05, 4.69) is 15.2 Å². The highest BCUT2D eigenvalue weighted by Crippen LogP contribution is 2.08. The van der Waals surface area contributed by atoms with Gasteiger partial charge in [0.25, 0.3) is 11.5 Å². The first-order valence-corrected chi connectivity index (χ1v) is 8.85. The molecule has 0 spiro atoms. The number of hydrogen-bond acceptors (Lipinski definition) is 5. The Labute approximate surface area is 162 Å². The summed E-state index contributed by atoms with van der Waals surface area (Å²) in [6.45, 7) is 1.21. The molecule has 146 valence electrons. The third-order valence-corrected chi connectivity index (χ3v) is 4.51. The average molecular weight is 381 g/mol. The zero-order valence-electron chi connectivity index (χ0n) is 16.4. The van der Waals surface area contributed by atoms with Crippen LogP contribution in [-0.2, 0) is 27.2 Å². The zero-order valence-corrected chi connectivity index (χ0v) is 16.4. The summed E-state index contributed by atoms with van der Waals surface area (Å²) in [6, 6.07) is 11.0. The van der Waals surface area contributed by atoms with E-state index in [1.54, 1.807) is 0 Å². The Balaban J connectivity index is 1.78. The van der Waals surface area contributed by atoms with E-state index in [9.17, 15) is 14.4 Å². The molecule has 1 aromatic carbocycles. The standard InChI is InChI=1S/C20H23N5O3/c1-23(2)12-14-7-5-13(6-8-14)11-21-18(26)16-10-9-15-17(22-16)24(3)20(28)25(4)19(15)27/h5-10H,11-12H2,1-4H3,(H,21,26). The monoisotopic (exact) mass is 381 g/mol. The van der Waals surface area contributed by atoms with Crippen LogP contribution in [0.3, 0.4) is 0 Å². The summed E-state index contributed by atoms with van der Waals surface area (Å²) in [7, 11) is 6.95. The molecule has 1 amide bonds. The number of hydrogen-bond donors (Lipinski definition) is 1. The van der Waals surface area contributed by atoms with Crippen molar-refractivity contribution >= 4 is 16.9 Å². The molecular formula is C20H23N5O3. The first-order valence-electron chi connectivity index (χ1n) is 8.85. The number of nitrogens with one attached hydrogen (secondary N) is 1. The molecule has 0 aliphatic heterocycles. The van der Waals surface area contributed by atoms with Gasteiger partial charge in [-0.15, -0.1) is 0 Å². The Morgan fingerprint density at radius 1 is 1.00 bits per heavy atom. The van der Waals surface area contributed by atoms with Crippen LogP contribution in [0, 0.1) is 0 Å². The highest BCUT2D eigenvalue weighted by Gasteiger charge is 2.13. The van der Waals surface area contributed by atoms with Gasteiger partial charge in [-0.3, -0.25) is 18.7 Å². The number of carbonyl (C=O) groups is 1. The molecule has 3 aromatic rings. The zero-order chi connectivity index (χ0) is 20.4. The number of aryl methyl sites for hydroxylation is 1. The molecule has 0 aliphatic carbocycles. The number of carbonyl (C=O) groups excluding carboxylic acids is 1. The highest BCUT2D eigenvalue weighted by atomic mass is 16.2. The van der Waals surface area contributed by atoms with E-state index < -0.39 is 11.2 Å². The molecule has 8 nitrogen and oxygen atoms in total. The lowest BCUT2D eigenvalue weighted by Crippen LogP contribution is -2.37. The van der Waals surface area contributed by atoms with Gasteiger partial charge in [-0.1, -0.05) is 24.3 Å². The van der Waals surface area contributed by atoms with Crippen LogP contribution in [0.5, 0.6) is 0 Å². The van der Waals surface area contributed by atoms with E-state index in [1.165, 1.54) is 36.4 Å². The summed E-state index contributed by atoms with van der Waals surface area (Å²) < 4.78 is 2.28. The van der Waals surface area contributed by atoms with Gasteiger partial charge in [-0.05, 0) is 37.4 Å². The quantitative estimate of drug-likeness (QED) is 0.700. The number of nitrogens with zero attached hydrogens (tertiary/aromatic N) is 4. The van der Waals surface area contributed by atoms with Crippen molar-refractivity contribution in [2.75, 3.05) is 14.1 Å². The van der Waals surface area contributed by atoms with Gasteiger partial charge in [0.05, 0.1) is 5.39 Å². The molecule has 0 atom stereocenters. The number of fused-ring (bicyclic) bond motifs is 1. The van der Waals surface area contributed by atoms with Crippen LogP contribution in [0.2, 0.25) is 0 Å². The fraction of sp³-hybridized carbons (Fsp3) is 0.300. The lowest BCUT2D eigenvalue weighted by atomic mass is 10.1. The van der Waals surface area contributed by atoms with E-state index in [4.69, 9.17) is 0 Å². The Hall–Kier alpha value is -3.26. The molecular weight excluding hydrogens is 358 g/mol. The van der Waals surface area contributed by atoms with Crippen LogP contribution in [0.1, 0.15) is 21.6 Å². The van der Waals surface area contributed by atoms with E-state index in [0.717, 1.165) is 16.7 Å². The van der Waals surface area contributed by atoms with Gasteiger partial charge in [0.1, 0.15) is 11.3 Å². The molecule has 0 unspecified atom stereocenters. The van der Waals surface area contributed by atoms with Gasteiger partial charge in [0.15, 0.2) is 0 Å². The van der Waals surface area contributed by atoms with Crippen molar-refractivity contribution in [1.29, 1.82) is 0 Å². The van der Waals surface area contributed by atoms with E-state index in [1.807, 2.05) is 38.4 Å². The maximum absolute atomic E-state index is 12.5. The summed E-state index contributed by atoms with van der Waals surface area (Å²) in [4.78, 5) is 43.1. The Morgan fingerprint density at radius 3 is 2.29 bits per heavy atom. The van der Waals surface area contributed by atoms with Gasteiger partial charge in [0.2, 0.25) is 0 Å². The first-order chi connectivity index (χ1) is 13.3. The van der Waals surface area contributed by atoms with Crippen molar-refractivity contribution in [1.82, 2.24) is 24.3 Å². The van der Waals surface area contributed by atoms with Crippen LogP contribution in [0.25, 0.3) is 11.0 Å². The normalized spacial score (nSPS) is 11.2. The van der Waals surface area contributed by atoms with Gasteiger partial charge < -0.3 is 10.2 Å². The summed E-state index contributed by atoms with van der Waals surface area (Å²) in [5.41, 5.74) is 1.58. The highest BCUT2D eigenvalue weighted by molar-refractivity contribution is 5.94. The van der Waals surface area contributed by atoms with Crippen molar-refractivity contribution in [3.63, 3.8) is 0 Å². The molecule has 0 fully saturated rings. The van der Waals surface area contributed by atoms with Crippen molar-refractivity contribution < 1.29 is 4.79 Å². The maximum atomic E-state index is 12.5. The molecule has 2 heterocycles. The van der Waals surface area contributed by atoms with Crippen molar-refractivity contribution in [3.8, 4) is 0 Å². The second-order valence-electron chi connectivity index (χ2n) is 7.01. The lowest BCUT2D eigenvalue weighted by molar-refractivity contribution is 0.0946. The predicted octanol–water partition coefficient (Wildman–Crippen LogP) is 0.624. The molecule has 0 aliphatic rings. The van der Waals surface area contributed by atoms with Gasteiger partial charge in [0, 0.05) is 27.2 Å². The molecule has 8 heteroatoms. The summed E-state index contributed by atoms with van der Waals surface area (Å²) in [5, 5.41) is 3.11. The second-order valence-corrected chi connectivity index (χ2v) is 7.01. The number of rotatable bonds is 5. The fourth-order valence-electron chi connectivity index (χ4n) is 2.98. The molecule has 2 aromatic heterocycles. The number of pyridine rings is 1. The molecule has 0 saturated carbocycles. The van der Waals surface area contributed by atoms with Gasteiger partial charge in [-0.25, -0.2) is 9.78 Å². The molecule has 3 rings (SSSR count). The van der Waals surface area contributed by atoms with Crippen LogP contribution in [-0.4, -0.2) is 39.0 Å². The minimum atomic E-state index is -0.486. The van der Waals surface area contributed by atoms with Crippen LogP contribution in [0.15, 0.2) is 46.0 Å². The molecule has 0 radical (unpaired) electrons. The van der Waals surface area contributed by atoms with Crippen LogP contribution in [0.4, 0.5) is 0 Å². The third-order valence-electron chi connectivity index (χ3n) is 4.51. The summed E-state index contributed by atoms with van der Waals surface area (Å²) in [5.74, 6) is -0.368. The van der Waals surface area contributed by atoms with Crippen LogP contribution < -0.4 is 16.6 Å². The van der Waals surface area contributed by atoms with Gasteiger partial charge in [-0.2, -0.15) is 0 Å². The molecule has 28 heavy (non-hydrogen) atoms. The van der Waals surface area contributed by atoms with Crippen molar-refractivity contribution in [2.45, 2.75) is 13.1 Å². The van der Waals surface area contributed by atoms with E-state index in [-0.39, 0.29) is 22.6 Å². The number of aromatic nitrogens is 3. The Kier molecular flexibility index (Phi) is 5.41. The topological polar surface area (TPSA) is 89.2 Å². The van der Waals surface area contributed by atoms with Gasteiger partial charge >= 0.3 is 5.69 Å². The smallest absolute Gasteiger partial charge is 0.332 e. The largest absolute Gasteiger partial charge is 0.347 e. The predicted molar refractivity (Wildman–Crippen MR) is 107 cm³/mol. The first kappa shape index (κ1) is 19.5. The van der Waals surface area contributed by atoms with Crippen molar-refractivity contribution in [2.24, 2.45) is 14.1 Å². The molecule has 0 bridgehead atoms. The maximum Gasteiger partial charge on any atom is 0.332 e. The fourth-order valence-corrected chi connectivity index (χ4v) is 2.98. The second kappa shape index (κ2) is 7.77. The third kappa shape index (κ3) is 3.86. The molecule has 0 saturated heterocycles. The minimum absolute atomic E-state index is 0.153. The van der Waals surface area contributed by atoms with E-state index >= 15 is 0 Å². The molecule has 1 N–H and O–H groups in total. The Bertz CT molecular complexity index is 1140. The lowest BCUT2D eigenvalue weighted by Gasteiger charge is -2.11. The average Bonchev–Trinajstić information content (AvgIpc) is 2.69. The van der Waals surface area contributed by atoms with Crippen molar-refractivity contribution in [3.05, 3.63) is 74.1 Å². The summed E-state index contributed by atoms with van der Waals surface area (Å²) >= 11 is 0. The van der Waals surface area contributed by atoms with Crippen LogP contribution >= 0.6 is 0 Å². The minimum Gasteiger partial charge on any atom is -0.347 e. The number of amides is 1. The number of benzene rings is 1. The van der Waals surface area contributed by atoms with E-state index in [0.29, 0.717) is 6.54 Å². The summed E-state index contributed by atoms with van der Waals surface area (Å²) in [6.07, 6.45) is 0.